The lowest BCUT2D eigenvalue weighted by Gasteiger charge is -2.13. The summed E-state index contributed by atoms with van der Waals surface area (Å²) in [5.41, 5.74) is 6.55. The number of aromatic amines is 1. The lowest BCUT2D eigenvalue weighted by Crippen LogP contribution is -2.12. The lowest BCUT2D eigenvalue weighted by molar-refractivity contribution is 0.618. The van der Waals surface area contributed by atoms with Crippen molar-refractivity contribution in [3.8, 4) is 11.1 Å². The normalized spacial score (nSPS) is 14.5. The number of fused-ring (bicyclic) bond motifs is 2. The second-order valence-electron chi connectivity index (χ2n) is 7.92. The molecule has 2 N–H and O–H groups in total. The Labute approximate surface area is 177 Å². The molecule has 154 valence electrons. The Morgan fingerprint density at radius 3 is 2.90 bits per heavy atom. The van der Waals surface area contributed by atoms with E-state index in [-0.39, 0.29) is 6.04 Å². The third-order valence-electron chi connectivity index (χ3n) is 5.68. The summed E-state index contributed by atoms with van der Waals surface area (Å²) in [5.74, 6) is 0. The summed E-state index contributed by atoms with van der Waals surface area (Å²) in [4.78, 5) is 7.56. The first-order chi connectivity index (χ1) is 14.5. The van der Waals surface area contributed by atoms with Crippen LogP contribution in [0.3, 0.4) is 0 Å². The van der Waals surface area contributed by atoms with Gasteiger partial charge in [0.15, 0.2) is 11.0 Å². The summed E-state index contributed by atoms with van der Waals surface area (Å²) in [6, 6.07) is 8.79. The number of nitrogens with zero attached hydrogens (tertiary/aromatic N) is 4. The number of rotatable bonds is 5. The topological polar surface area (TPSA) is 78.8 Å². The van der Waals surface area contributed by atoms with Gasteiger partial charge in [-0.05, 0) is 43.5 Å². The van der Waals surface area contributed by atoms with Gasteiger partial charge in [0.1, 0.15) is 5.65 Å². The zero-order valence-electron chi connectivity index (χ0n) is 17.2. The van der Waals surface area contributed by atoms with E-state index in [2.05, 4.69) is 74.7 Å². The number of aromatic nitrogens is 4. The van der Waals surface area contributed by atoms with Gasteiger partial charge in [-0.2, -0.15) is 5.10 Å². The van der Waals surface area contributed by atoms with Crippen LogP contribution in [0.1, 0.15) is 25.5 Å². The van der Waals surface area contributed by atoms with Crippen LogP contribution >= 0.6 is 0 Å². The molecule has 5 rings (SSSR count). The van der Waals surface area contributed by atoms with Crippen molar-refractivity contribution in [3.05, 3.63) is 54.6 Å². The molecule has 0 bridgehead atoms. The molecule has 0 aliphatic carbocycles. The Bertz CT molecular complexity index is 1240. The monoisotopic (exact) mass is 420 g/mol. The van der Waals surface area contributed by atoms with Crippen LogP contribution in [-0.2, 0) is 17.4 Å². The second-order valence-corrected chi connectivity index (χ2v) is 9.13. The third-order valence-corrected chi connectivity index (χ3v) is 6.74. The first-order valence-corrected chi connectivity index (χ1v) is 11.2. The maximum atomic E-state index is 12.8. The first-order valence-electron chi connectivity index (χ1n) is 10.0. The van der Waals surface area contributed by atoms with Crippen molar-refractivity contribution in [3.63, 3.8) is 0 Å². The molecule has 1 aromatic carbocycles. The lowest BCUT2D eigenvalue weighted by atomic mass is 10.0. The standard InChI is InChI=1S/C22H24N6OS/c1-14(2)28-13-18(16-5-4-15-7-9-27(3)20(15)10-16)21-19(6-8-23-22(21)28)26-30(29)17-11-24-25-12-17/h4-6,8,10-14H,7,9H2,1-3H3,(H,23,26)(H,24,25). The minimum Gasteiger partial charge on any atom is -0.374 e. The number of hydrogen-bond donors (Lipinski definition) is 2. The molecule has 1 unspecified atom stereocenters. The number of pyridine rings is 1. The molecular weight excluding hydrogens is 396 g/mol. The van der Waals surface area contributed by atoms with E-state index in [9.17, 15) is 4.21 Å². The van der Waals surface area contributed by atoms with Crippen molar-refractivity contribution in [2.45, 2.75) is 31.2 Å². The minimum atomic E-state index is -1.42. The van der Waals surface area contributed by atoms with Crippen molar-refractivity contribution >= 4 is 33.4 Å². The van der Waals surface area contributed by atoms with Gasteiger partial charge in [-0.25, -0.2) is 9.19 Å². The van der Waals surface area contributed by atoms with Crippen molar-refractivity contribution in [2.75, 3.05) is 23.2 Å². The molecule has 0 fully saturated rings. The number of H-pyrrole nitrogens is 1. The van der Waals surface area contributed by atoms with E-state index >= 15 is 0 Å². The Kier molecular flexibility index (Phi) is 4.58. The first kappa shape index (κ1) is 18.9. The van der Waals surface area contributed by atoms with Gasteiger partial charge >= 0.3 is 0 Å². The van der Waals surface area contributed by atoms with E-state index in [0.29, 0.717) is 4.90 Å². The van der Waals surface area contributed by atoms with Crippen LogP contribution < -0.4 is 9.62 Å². The fourth-order valence-electron chi connectivity index (χ4n) is 4.08. The predicted molar refractivity (Wildman–Crippen MR) is 121 cm³/mol. The maximum Gasteiger partial charge on any atom is 0.153 e. The van der Waals surface area contributed by atoms with Gasteiger partial charge in [0.05, 0.1) is 22.2 Å². The molecule has 8 heteroatoms. The molecule has 4 aromatic rings. The molecule has 0 amide bonds. The summed E-state index contributed by atoms with van der Waals surface area (Å²) in [6.45, 7) is 5.33. The van der Waals surface area contributed by atoms with Crippen LogP contribution in [0.15, 0.2) is 53.9 Å². The SMILES string of the molecule is CC(C)n1cc(-c2ccc3c(c2)N(C)CC3)c2c(NS(=O)c3cn[nH]c3)ccnc21. The summed E-state index contributed by atoms with van der Waals surface area (Å²) in [7, 11) is 0.715. The van der Waals surface area contributed by atoms with Crippen LogP contribution in [0.2, 0.25) is 0 Å². The maximum absolute atomic E-state index is 12.8. The fraction of sp³-hybridized carbons (Fsp3) is 0.273. The molecule has 0 radical (unpaired) electrons. The zero-order chi connectivity index (χ0) is 20.8. The average Bonchev–Trinajstić information content (AvgIpc) is 3.47. The Hall–Kier alpha value is -3.13. The van der Waals surface area contributed by atoms with Gasteiger partial charge in [-0.1, -0.05) is 12.1 Å². The zero-order valence-corrected chi connectivity index (χ0v) is 18.0. The van der Waals surface area contributed by atoms with Crippen molar-refractivity contribution < 1.29 is 4.21 Å². The van der Waals surface area contributed by atoms with Gasteiger partial charge in [0.2, 0.25) is 0 Å². The molecule has 4 heterocycles. The number of hydrogen-bond acceptors (Lipinski definition) is 4. The highest BCUT2D eigenvalue weighted by Gasteiger charge is 2.21. The summed E-state index contributed by atoms with van der Waals surface area (Å²) < 4.78 is 18.1. The molecule has 0 saturated heterocycles. The van der Waals surface area contributed by atoms with Crippen LogP contribution in [0, 0.1) is 0 Å². The molecule has 1 atom stereocenters. The molecule has 1 aliphatic heterocycles. The highest BCUT2D eigenvalue weighted by atomic mass is 32.2. The Morgan fingerprint density at radius 2 is 2.13 bits per heavy atom. The number of nitrogens with one attached hydrogen (secondary N) is 2. The quantitative estimate of drug-likeness (QED) is 0.509. The van der Waals surface area contributed by atoms with Gasteiger partial charge in [0, 0.05) is 49.5 Å². The van der Waals surface area contributed by atoms with E-state index in [1.54, 1.807) is 18.6 Å². The highest BCUT2D eigenvalue weighted by molar-refractivity contribution is 7.86. The number of likely N-dealkylation sites (N-methyl/N-ethyl adjacent to an activating group) is 1. The van der Waals surface area contributed by atoms with Gasteiger partial charge in [0.25, 0.3) is 0 Å². The highest BCUT2D eigenvalue weighted by Crippen LogP contribution is 2.39. The van der Waals surface area contributed by atoms with Gasteiger partial charge < -0.3 is 14.2 Å². The van der Waals surface area contributed by atoms with E-state index < -0.39 is 11.0 Å². The minimum absolute atomic E-state index is 0.250. The second kappa shape index (κ2) is 7.28. The Balaban J connectivity index is 1.68. The van der Waals surface area contributed by atoms with Crippen molar-refractivity contribution in [2.24, 2.45) is 0 Å². The average molecular weight is 421 g/mol. The largest absolute Gasteiger partial charge is 0.374 e. The third kappa shape index (κ3) is 3.08. The van der Waals surface area contributed by atoms with Gasteiger partial charge in [-0.15, -0.1) is 0 Å². The van der Waals surface area contributed by atoms with Crippen molar-refractivity contribution in [1.29, 1.82) is 0 Å². The van der Waals surface area contributed by atoms with Crippen LogP contribution in [0.4, 0.5) is 11.4 Å². The van der Waals surface area contributed by atoms with E-state index in [4.69, 9.17) is 0 Å². The molecule has 1 aliphatic rings. The molecule has 7 nitrogen and oxygen atoms in total. The summed E-state index contributed by atoms with van der Waals surface area (Å²) >= 11 is 0. The molecule has 30 heavy (non-hydrogen) atoms. The van der Waals surface area contributed by atoms with E-state index in [1.807, 2.05) is 6.07 Å². The summed E-state index contributed by atoms with van der Waals surface area (Å²) in [6.07, 6.45) is 8.20. The Morgan fingerprint density at radius 1 is 1.27 bits per heavy atom. The smallest absolute Gasteiger partial charge is 0.153 e. The van der Waals surface area contributed by atoms with Crippen molar-refractivity contribution in [1.82, 2.24) is 19.7 Å². The molecule has 0 saturated carbocycles. The summed E-state index contributed by atoms with van der Waals surface area (Å²) in [5, 5.41) is 7.59. The van der Waals surface area contributed by atoms with E-state index in [0.717, 1.165) is 40.8 Å². The molecule has 3 aromatic heterocycles. The fourth-order valence-corrected chi connectivity index (χ4v) is 4.88. The van der Waals surface area contributed by atoms with E-state index in [1.165, 1.54) is 11.3 Å². The van der Waals surface area contributed by atoms with Crippen LogP contribution in [-0.4, -0.2) is 37.5 Å². The van der Waals surface area contributed by atoms with Gasteiger partial charge in [-0.3, -0.25) is 5.10 Å². The molecule has 0 spiro atoms. The van der Waals surface area contributed by atoms with Crippen LogP contribution in [0.5, 0.6) is 0 Å². The number of anilines is 2. The van der Waals surface area contributed by atoms with Crippen LogP contribution in [0.25, 0.3) is 22.2 Å². The molecular formula is C22H24N6OS. The predicted octanol–water partition coefficient (Wildman–Crippen LogP) is 4.13. The number of benzene rings is 1.